The average molecular weight is 559 g/mol. The number of nitrogens with one attached hydrogen (secondary N) is 2. The van der Waals surface area contributed by atoms with Gasteiger partial charge in [-0.05, 0) is 56.2 Å². The van der Waals surface area contributed by atoms with Crippen molar-refractivity contribution in [3.8, 4) is 6.07 Å². The Morgan fingerprint density at radius 3 is 2.40 bits per heavy atom. The van der Waals surface area contributed by atoms with Crippen molar-refractivity contribution in [3.63, 3.8) is 0 Å². The van der Waals surface area contributed by atoms with Gasteiger partial charge < -0.3 is 5.32 Å². The minimum Gasteiger partial charge on any atom is -0.368 e. The molecular weight excluding hydrogens is 516 g/mol. The Morgan fingerprint density at radius 1 is 1.10 bits per heavy atom. The molecular formula is C31H42N8S. The molecule has 1 fully saturated rings. The van der Waals surface area contributed by atoms with Crippen molar-refractivity contribution < 1.29 is 0 Å². The summed E-state index contributed by atoms with van der Waals surface area (Å²) in [5.41, 5.74) is 8.55. The Hall–Kier alpha value is -3.22. The second-order valence-electron chi connectivity index (χ2n) is 10.8. The molecule has 0 amide bonds. The summed E-state index contributed by atoms with van der Waals surface area (Å²) in [4.78, 5) is 9.56. The fourth-order valence-corrected chi connectivity index (χ4v) is 6.28. The molecule has 9 heteroatoms. The average Bonchev–Trinajstić information content (AvgIpc) is 3.47. The predicted molar refractivity (Wildman–Crippen MR) is 164 cm³/mol. The van der Waals surface area contributed by atoms with Crippen LogP contribution < -0.4 is 10.6 Å². The van der Waals surface area contributed by atoms with E-state index in [2.05, 4.69) is 104 Å². The van der Waals surface area contributed by atoms with E-state index in [4.69, 9.17) is 10.1 Å². The summed E-state index contributed by atoms with van der Waals surface area (Å²) >= 11 is 1.20. The molecule has 1 aliphatic carbocycles. The third kappa shape index (κ3) is 6.39. The third-order valence-electron chi connectivity index (χ3n) is 8.07. The molecule has 212 valence electrons. The van der Waals surface area contributed by atoms with Gasteiger partial charge in [0, 0.05) is 34.8 Å². The lowest BCUT2D eigenvalue weighted by molar-refractivity contribution is 0.185. The first-order valence-electron chi connectivity index (χ1n) is 14.5. The van der Waals surface area contributed by atoms with Crippen molar-refractivity contribution in [1.29, 1.82) is 5.26 Å². The molecule has 0 radical (unpaired) electrons. The van der Waals surface area contributed by atoms with Gasteiger partial charge in [-0.1, -0.05) is 70.0 Å². The van der Waals surface area contributed by atoms with Gasteiger partial charge in [0.1, 0.15) is 18.5 Å². The first kappa shape index (κ1) is 29.8. The second kappa shape index (κ2) is 13.4. The largest absolute Gasteiger partial charge is 0.368 e. The van der Waals surface area contributed by atoms with Crippen LogP contribution in [0, 0.1) is 36.0 Å². The molecule has 2 N–H and O–H groups in total. The highest BCUT2D eigenvalue weighted by Crippen LogP contribution is 2.35. The highest BCUT2D eigenvalue weighted by atomic mass is 32.1. The minimum atomic E-state index is -0.361. The van der Waals surface area contributed by atoms with E-state index in [1.165, 1.54) is 45.7 Å². The first-order chi connectivity index (χ1) is 19.3. The minimum absolute atomic E-state index is 0.106. The normalized spacial score (nSPS) is 27.9. The Labute approximate surface area is 243 Å². The molecule has 0 bridgehead atoms. The summed E-state index contributed by atoms with van der Waals surface area (Å²) in [5.74, 6) is -0.207. The van der Waals surface area contributed by atoms with E-state index < -0.39 is 0 Å². The monoisotopic (exact) mass is 558 g/mol. The molecule has 1 aromatic carbocycles. The molecule has 2 aliphatic rings. The van der Waals surface area contributed by atoms with Gasteiger partial charge in [0.15, 0.2) is 0 Å². The molecule has 2 heterocycles. The number of nitrogens with zero attached hydrogens (tertiary/aromatic N) is 6. The summed E-state index contributed by atoms with van der Waals surface area (Å²) in [7, 11) is 0. The molecule has 2 aromatic rings. The van der Waals surface area contributed by atoms with Crippen molar-refractivity contribution in [1.82, 2.24) is 14.7 Å². The Morgan fingerprint density at radius 2 is 1.82 bits per heavy atom. The van der Waals surface area contributed by atoms with Crippen molar-refractivity contribution in [2.45, 2.75) is 92.5 Å². The van der Waals surface area contributed by atoms with Gasteiger partial charge in [0.05, 0.1) is 18.2 Å². The lowest BCUT2D eigenvalue weighted by atomic mass is 9.80. The molecule has 1 aliphatic heterocycles. The van der Waals surface area contributed by atoms with Crippen molar-refractivity contribution in [2.24, 2.45) is 33.0 Å². The lowest BCUT2D eigenvalue weighted by Gasteiger charge is -2.42. The van der Waals surface area contributed by atoms with Crippen LogP contribution in [0.4, 0.5) is 10.8 Å². The summed E-state index contributed by atoms with van der Waals surface area (Å²) in [5, 5.41) is 27.6. The van der Waals surface area contributed by atoms with E-state index in [-0.39, 0.29) is 36.1 Å². The number of aliphatic imine (C=N–C) groups is 1. The number of benzene rings is 1. The van der Waals surface area contributed by atoms with Gasteiger partial charge in [-0.2, -0.15) is 14.7 Å². The van der Waals surface area contributed by atoms with E-state index in [0.29, 0.717) is 5.13 Å². The zero-order valence-electron chi connectivity index (χ0n) is 24.8. The number of azo groups is 1. The fraction of sp³-hybridized carbons (Fsp3) is 0.548. The van der Waals surface area contributed by atoms with Crippen LogP contribution in [0.2, 0.25) is 0 Å². The van der Waals surface area contributed by atoms with Gasteiger partial charge in [-0.25, -0.2) is 4.98 Å². The quantitative estimate of drug-likeness (QED) is 0.313. The third-order valence-corrected chi connectivity index (χ3v) is 8.62. The summed E-state index contributed by atoms with van der Waals surface area (Å²) in [6.45, 7) is 15.1. The van der Waals surface area contributed by atoms with Crippen LogP contribution in [0.5, 0.6) is 0 Å². The van der Waals surface area contributed by atoms with E-state index in [1.54, 1.807) is 0 Å². The Bertz CT molecular complexity index is 1310. The van der Waals surface area contributed by atoms with Crippen LogP contribution in [0.15, 0.2) is 57.0 Å². The van der Waals surface area contributed by atoms with E-state index >= 15 is 0 Å². The van der Waals surface area contributed by atoms with Crippen LogP contribution in [0.25, 0.3) is 0 Å². The number of piperidine rings is 1. The number of aromatic nitrogens is 2. The summed E-state index contributed by atoms with van der Waals surface area (Å²) < 4.78 is 4.05. The zero-order chi connectivity index (χ0) is 28.8. The standard InChI is InChI=1S/C31H42N8S/c1-8-21-12-18(5)13-22(9-2)27(21)35-29-25(16-32)20(7)26(38-39-31-33-17-34-40-31)30(37-29)36-28-23(10-3)14-19(6)15-24(28)11-4/h12-15,17,20,23,25-26,29-30,35,37H,8-11H2,1-7H3. The summed E-state index contributed by atoms with van der Waals surface area (Å²) in [6, 6.07) is 6.73. The Kier molecular flexibility index (Phi) is 9.99. The van der Waals surface area contributed by atoms with Crippen LogP contribution in [0.1, 0.15) is 71.1 Å². The van der Waals surface area contributed by atoms with Gasteiger partial charge >= 0.3 is 0 Å². The highest BCUT2D eigenvalue weighted by molar-refractivity contribution is 7.09. The van der Waals surface area contributed by atoms with Crippen molar-refractivity contribution in [2.75, 3.05) is 5.32 Å². The lowest BCUT2D eigenvalue weighted by Crippen LogP contribution is -2.60. The topological polar surface area (TPSA) is 111 Å². The number of hydrogen-bond donors (Lipinski definition) is 2. The maximum Gasteiger partial charge on any atom is 0.248 e. The molecule has 6 unspecified atom stereocenters. The molecule has 40 heavy (non-hydrogen) atoms. The first-order valence-corrected chi connectivity index (χ1v) is 15.3. The molecule has 6 atom stereocenters. The molecule has 1 saturated heterocycles. The molecule has 0 spiro atoms. The molecule has 1 aromatic heterocycles. The molecule has 8 nitrogen and oxygen atoms in total. The highest BCUT2D eigenvalue weighted by Gasteiger charge is 2.44. The fourth-order valence-electron chi connectivity index (χ4n) is 5.92. The number of aryl methyl sites for hydroxylation is 3. The number of rotatable bonds is 9. The second-order valence-corrected chi connectivity index (χ2v) is 11.6. The number of hydrogen-bond acceptors (Lipinski definition) is 9. The SMILES string of the molecule is CCC1=CC(C)=CC(CC)C1=NC1NC(Nc2c(CC)cc(C)cc2CC)C(C#N)C(C)C1N=Nc1ncns1. The predicted octanol–water partition coefficient (Wildman–Crippen LogP) is 7.33. The Balaban J connectivity index is 1.78. The van der Waals surface area contributed by atoms with E-state index in [1.807, 2.05) is 0 Å². The molecule has 4 rings (SSSR count). The molecule has 0 saturated carbocycles. The van der Waals surface area contributed by atoms with Gasteiger partial charge in [-0.3, -0.25) is 10.3 Å². The number of nitriles is 1. The van der Waals surface area contributed by atoms with Crippen LogP contribution in [-0.2, 0) is 12.8 Å². The number of anilines is 1. The van der Waals surface area contributed by atoms with Gasteiger partial charge in [-0.15, -0.1) is 5.11 Å². The maximum absolute atomic E-state index is 10.4. The zero-order valence-corrected chi connectivity index (χ0v) is 25.6. The maximum atomic E-state index is 10.4. The van der Waals surface area contributed by atoms with E-state index in [9.17, 15) is 5.26 Å². The van der Waals surface area contributed by atoms with Gasteiger partial charge in [0.2, 0.25) is 5.13 Å². The smallest absolute Gasteiger partial charge is 0.248 e. The number of allylic oxidation sites excluding steroid dienone is 4. The van der Waals surface area contributed by atoms with Crippen LogP contribution >= 0.6 is 11.5 Å². The van der Waals surface area contributed by atoms with Crippen molar-refractivity contribution in [3.05, 3.63) is 58.4 Å². The van der Waals surface area contributed by atoms with Crippen LogP contribution in [-0.4, -0.2) is 33.4 Å². The van der Waals surface area contributed by atoms with E-state index in [0.717, 1.165) is 37.1 Å². The van der Waals surface area contributed by atoms with Gasteiger partial charge in [0.25, 0.3) is 0 Å². The van der Waals surface area contributed by atoms with Crippen molar-refractivity contribution >= 4 is 28.1 Å². The van der Waals surface area contributed by atoms with Crippen LogP contribution in [0.3, 0.4) is 0 Å². The summed E-state index contributed by atoms with van der Waals surface area (Å²) in [6.07, 6.45) is 9.08.